The number of aromatic hydroxyl groups is 1. The molecule has 4 aromatic carbocycles. The molecule has 0 bridgehead atoms. The van der Waals surface area contributed by atoms with Crippen LogP contribution in [0.1, 0.15) is 99.8 Å². The molecule has 3 fully saturated rings. The number of amides is 4. The standard InChI is InChI=1S/C47H49FN4O7/c48-32-6-1-29(2-7-32)38-16-5-31-27-34(53)9-18-39(31)44(38)30-3-10-36(11-4-30)59-37-14-12-35(13-15-37)58-26-25-50-21-23-51(24-22-50)33-8-17-40-41(28-33)47(57)52(46(40)56)42-19-20-43(54)49-45(42)55/h1-4,6-11,17-18,27-28,35,37-38,42,44,53H,5,12-16,19-26H2,(H,49,54,55)/t35?,37?,38-,42?,44?/m1/s1. The lowest BCUT2D eigenvalue weighted by Crippen LogP contribution is -2.54. The molecule has 2 aliphatic carbocycles. The van der Waals surface area contributed by atoms with Crippen LogP contribution in [0.15, 0.2) is 84.9 Å². The maximum absolute atomic E-state index is 13.8. The fraction of sp³-hybridized carbons (Fsp3) is 0.404. The minimum atomic E-state index is -0.975. The molecule has 2 unspecified atom stereocenters. The quantitative estimate of drug-likeness (QED) is 0.177. The Morgan fingerprint density at radius 3 is 2.17 bits per heavy atom. The van der Waals surface area contributed by atoms with Gasteiger partial charge in [-0.1, -0.05) is 30.3 Å². The van der Waals surface area contributed by atoms with E-state index in [4.69, 9.17) is 9.47 Å². The molecule has 11 nitrogen and oxygen atoms in total. The van der Waals surface area contributed by atoms with Gasteiger partial charge in [0.2, 0.25) is 11.8 Å². The highest BCUT2D eigenvalue weighted by atomic mass is 19.1. The van der Waals surface area contributed by atoms with Crippen LogP contribution in [0.4, 0.5) is 10.1 Å². The van der Waals surface area contributed by atoms with Gasteiger partial charge in [0.05, 0.1) is 29.9 Å². The minimum Gasteiger partial charge on any atom is -0.508 e. The Kier molecular flexibility index (Phi) is 10.9. The number of nitrogens with zero attached hydrogens (tertiary/aromatic N) is 3. The van der Waals surface area contributed by atoms with Crippen molar-refractivity contribution in [2.45, 2.75) is 81.5 Å². The number of fused-ring (bicyclic) bond motifs is 2. The number of anilines is 1. The lowest BCUT2D eigenvalue weighted by molar-refractivity contribution is -0.136. The van der Waals surface area contributed by atoms with Crippen molar-refractivity contribution in [3.63, 3.8) is 0 Å². The van der Waals surface area contributed by atoms with Gasteiger partial charge in [-0.25, -0.2) is 4.39 Å². The van der Waals surface area contributed by atoms with Crippen molar-refractivity contribution in [1.82, 2.24) is 15.1 Å². The topological polar surface area (TPSA) is 129 Å². The van der Waals surface area contributed by atoms with Crippen LogP contribution in [-0.4, -0.2) is 96.1 Å². The van der Waals surface area contributed by atoms with Gasteiger partial charge in [0.1, 0.15) is 23.4 Å². The van der Waals surface area contributed by atoms with Gasteiger partial charge in [-0.05, 0) is 128 Å². The molecule has 12 heteroatoms. The summed E-state index contributed by atoms with van der Waals surface area (Å²) in [5, 5.41) is 12.4. The van der Waals surface area contributed by atoms with Crippen molar-refractivity contribution in [1.29, 1.82) is 0 Å². The summed E-state index contributed by atoms with van der Waals surface area (Å²) in [6, 6.07) is 25.3. The number of rotatable bonds is 10. The molecule has 0 aromatic heterocycles. The number of imide groups is 2. The Bertz CT molecular complexity index is 2230. The molecule has 0 radical (unpaired) electrons. The molecular weight excluding hydrogens is 752 g/mol. The Hall–Kier alpha value is -5.59. The Morgan fingerprint density at radius 1 is 0.712 bits per heavy atom. The highest BCUT2D eigenvalue weighted by molar-refractivity contribution is 6.23. The number of halogens is 1. The first-order chi connectivity index (χ1) is 28.7. The summed E-state index contributed by atoms with van der Waals surface area (Å²) >= 11 is 0. The molecule has 9 rings (SSSR count). The summed E-state index contributed by atoms with van der Waals surface area (Å²) in [5.74, 6) is -0.813. The van der Waals surface area contributed by atoms with E-state index in [2.05, 4.69) is 39.4 Å². The van der Waals surface area contributed by atoms with Crippen molar-refractivity contribution in [3.8, 4) is 11.5 Å². The predicted molar refractivity (Wildman–Crippen MR) is 218 cm³/mol. The van der Waals surface area contributed by atoms with E-state index >= 15 is 0 Å². The van der Waals surface area contributed by atoms with Crippen LogP contribution >= 0.6 is 0 Å². The number of carbonyl (C=O) groups is 4. The molecule has 3 aliphatic heterocycles. The van der Waals surface area contributed by atoms with Crippen LogP contribution in [-0.2, 0) is 20.7 Å². The number of benzene rings is 4. The first-order valence-electron chi connectivity index (χ1n) is 21.0. The van der Waals surface area contributed by atoms with E-state index in [9.17, 15) is 28.7 Å². The van der Waals surface area contributed by atoms with Crippen LogP contribution in [0.3, 0.4) is 0 Å². The summed E-state index contributed by atoms with van der Waals surface area (Å²) in [6.45, 7) is 4.73. The smallest absolute Gasteiger partial charge is 0.262 e. The zero-order valence-electron chi connectivity index (χ0n) is 33.0. The van der Waals surface area contributed by atoms with Gasteiger partial charge < -0.3 is 19.5 Å². The zero-order chi connectivity index (χ0) is 40.6. The average Bonchev–Trinajstić information content (AvgIpc) is 3.49. The molecule has 3 heterocycles. The molecule has 3 atom stereocenters. The van der Waals surface area contributed by atoms with Crippen molar-refractivity contribution in [3.05, 3.63) is 124 Å². The third kappa shape index (κ3) is 8.08. The molecule has 59 heavy (non-hydrogen) atoms. The second-order valence-electron chi connectivity index (χ2n) is 16.5. The van der Waals surface area contributed by atoms with Crippen LogP contribution in [0.5, 0.6) is 11.5 Å². The summed E-state index contributed by atoms with van der Waals surface area (Å²) in [4.78, 5) is 56.0. The van der Waals surface area contributed by atoms with Crippen LogP contribution in [0.25, 0.3) is 0 Å². The first-order valence-corrected chi connectivity index (χ1v) is 21.0. The maximum atomic E-state index is 13.8. The number of phenols is 1. The summed E-state index contributed by atoms with van der Waals surface area (Å²) < 4.78 is 26.6. The van der Waals surface area contributed by atoms with Crippen molar-refractivity contribution in [2.75, 3.05) is 44.2 Å². The molecule has 5 aliphatic rings. The number of phenolic OH excluding ortho intramolecular Hbond substituents is 1. The molecule has 2 saturated heterocycles. The van der Waals surface area contributed by atoms with E-state index in [1.54, 1.807) is 18.2 Å². The normalized spacial score (nSPS) is 24.8. The Morgan fingerprint density at radius 2 is 1.42 bits per heavy atom. The van der Waals surface area contributed by atoms with E-state index in [1.807, 2.05) is 30.3 Å². The number of piperidine rings is 1. The fourth-order valence-corrected chi connectivity index (χ4v) is 9.78. The highest BCUT2D eigenvalue weighted by Gasteiger charge is 2.45. The van der Waals surface area contributed by atoms with E-state index in [1.165, 1.54) is 23.3 Å². The third-order valence-electron chi connectivity index (χ3n) is 13.0. The number of hydrogen-bond donors (Lipinski definition) is 2. The van der Waals surface area contributed by atoms with Gasteiger partial charge in [0.25, 0.3) is 11.8 Å². The van der Waals surface area contributed by atoms with Crippen molar-refractivity contribution < 1.29 is 38.1 Å². The van der Waals surface area contributed by atoms with Gasteiger partial charge in [-0.2, -0.15) is 0 Å². The van der Waals surface area contributed by atoms with Crippen molar-refractivity contribution in [2.24, 2.45) is 0 Å². The summed E-state index contributed by atoms with van der Waals surface area (Å²) in [5.41, 5.74) is 6.11. The van der Waals surface area contributed by atoms with Crippen molar-refractivity contribution >= 4 is 29.3 Å². The second-order valence-corrected chi connectivity index (χ2v) is 16.5. The molecule has 1 saturated carbocycles. The van der Waals surface area contributed by atoms with Gasteiger partial charge in [0.15, 0.2) is 0 Å². The van der Waals surface area contributed by atoms with Crippen LogP contribution in [0.2, 0.25) is 0 Å². The monoisotopic (exact) mass is 800 g/mol. The lowest BCUT2D eigenvalue weighted by atomic mass is 9.69. The fourth-order valence-electron chi connectivity index (χ4n) is 9.78. The molecule has 306 valence electrons. The molecular formula is C47H49FN4O7. The Balaban J connectivity index is 0.724. The SMILES string of the molecule is O=C1CCC(N2C(=O)c3ccc(N4CCN(CCOC5CCC(Oc6ccc(C7c8ccc(O)cc8CC[C@@H]7c7ccc(F)cc7)cc6)CC5)CC4)cc3C2=O)C(=O)N1. The van der Waals surface area contributed by atoms with Gasteiger partial charge in [-0.15, -0.1) is 0 Å². The summed E-state index contributed by atoms with van der Waals surface area (Å²) in [6.07, 6.45) is 6.08. The Labute approximate surface area is 343 Å². The minimum absolute atomic E-state index is 0.0849. The van der Waals surface area contributed by atoms with Gasteiger partial charge >= 0.3 is 0 Å². The van der Waals surface area contributed by atoms with Gasteiger partial charge in [-0.3, -0.25) is 34.3 Å². The first kappa shape index (κ1) is 38.9. The average molecular weight is 801 g/mol. The molecule has 2 N–H and O–H groups in total. The highest BCUT2D eigenvalue weighted by Crippen LogP contribution is 2.47. The van der Waals surface area contributed by atoms with Gasteiger partial charge in [0, 0.05) is 50.7 Å². The molecule has 0 spiro atoms. The number of aryl methyl sites for hydroxylation is 1. The lowest BCUT2D eigenvalue weighted by Gasteiger charge is -2.36. The number of carbonyl (C=O) groups excluding carboxylic acids is 4. The molecule has 4 aromatic rings. The second kappa shape index (κ2) is 16.6. The maximum Gasteiger partial charge on any atom is 0.262 e. The van der Waals surface area contributed by atoms with E-state index in [-0.39, 0.29) is 54.0 Å². The molecule has 4 amide bonds. The van der Waals surface area contributed by atoms with Crippen LogP contribution in [0, 0.1) is 5.82 Å². The van der Waals surface area contributed by atoms with Crippen LogP contribution < -0.4 is 15.0 Å². The number of ether oxygens (including phenoxy) is 2. The van der Waals surface area contributed by atoms with E-state index < -0.39 is 29.7 Å². The largest absolute Gasteiger partial charge is 0.508 e. The number of nitrogens with one attached hydrogen (secondary N) is 1. The zero-order valence-corrected chi connectivity index (χ0v) is 33.0. The summed E-state index contributed by atoms with van der Waals surface area (Å²) in [7, 11) is 0. The third-order valence-corrected chi connectivity index (χ3v) is 13.0. The van der Waals surface area contributed by atoms with E-state index in [0.717, 1.165) is 98.7 Å². The predicted octanol–water partition coefficient (Wildman–Crippen LogP) is 6.32. The van der Waals surface area contributed by atoms with E-state index in [0.29, 0.717) is 12.2 Å². The number of hydrogen-bond acceptors (Lipinski definition) is 9. The number of piperazine rings is 1.